The summed E-state index contributed by atoms with van der Waals surface area (Å²) in [5, 5.41) is 0. The summed E-state index contributed by atoms with van der Waals surface area (Å²) in [7, 11) is 0. The largest absolute Gasteiger partial charge is 0.0955 e. The van der Waals surface area contributed by atoms with Crippen molar-refractivity contribution in [1.82, 2.24) is 0 Å². The van der Waals surface area contributed by atoms with Crippen LogP contribution in [0.15, 0.2) is 49.1 Å². The molecule has 0 heteroatoms. The minimum Gasteiger partial charge on any atom is -0.0955 e. The zero-order valence-electron chi connectivity index (χ0n) is 13.1. The molecule has 106 valence electrons. The van der Waals surface area contributed by atoms with Crippen molar-refractivity contribution in [3.05, 3.63) is 71.3 Å². The molecule has 2 aromatic carbocycles. The van der Waals surface area contributed by atoms with Crippen molar-refractivity contribution < 1.29 is 0 Å². The molecule has 0 bridgehead atoms. The topological polar surface area (TPSA) is 0 Å². The van der Waals surface area contributed by atoms with E-state index in [1.807, 2.05) is 0 Å². The Bertz CT molecular complexity index is 714. The number of hydrogen-bond acceptors (Lipinski definition) is 0. The monoisotopic (exact) mass is 274 g/mol. The van der Waals surface area contributed by atoms with E-state index in [-0.39, 0.29) is 0 Å². The van der Waals surface area contributed by atoms with Crippen LogP contribution in [-0.4, -0.2) is 0 Å². The maximum Gasteiger partial charge on any atom is -0.0145 e. The van der Waals surface area contributed by atoms with Crippen LogP contribution in [0.1, 0.15) is 36.1 Å². The van der Waals surface area contributed by atoms with Crippen LogP contribution in [-0.2, 0) is 6.42 Å². The van der Waals surface area contributed by atoms with E-state index < -0.39 is 0 Å². The van der Waals surface area contributed by atoms with Crippen LogP contribution >= 0.6 is 0 Å². The lowest BCUT2D eigenvalue weighted by atomic mass is 9.82. The van der Waals surface area contributed by atoms with Crippen molar-refractivity contribution >= 4 is 11.6 Å². The number of rotatable bonds is 2. The summed E-state index contributed by atoms with van der Waals surface area (Å²) < 4.78 is 0. The molecule has 0 aromatic heterocycles. The number of aryl methyl sites for hydroxylation is 1. The molecule has 3 rings (SSSR count). The molecule has 1 atom stereocenters. The summed E-state index contributed by atoms with van der Waals surface area (Å²) in [6, 6.07) is 13.3. The van der Waals surface area contributed by atoms with Gasteiger partial charge in [-0.05, 0) is 54.0 Å². The molecule has 0 N–H and O–H groups in total. The van der Waals surface area contributed by atoms with Crippen molar-refractivity contribution in [2.24, 2.45) is 5.92 Å². The Balaban J connectivity index is 2.21. The van der Waals surface area contributed by atoms with Crippen LogP contribution in [0.2, 0.25) is 0 Å². The molecular formula is C21H22. The summed E-state index contributed by atoms with van der Waals surface area (Å²) in [6.07, 6.45) is 5.70. The molecule has 1 aliphatic rings. The molecule has 1 unspecified atom stereocenters. The zero-order valence-corrected chi connectivity index (χ0v) is 13.1. The minimum absolute atomic E-state index is 0.599. The van der Waals surface area contributed by atoms with Gasteiger partial charge in [-0.3, -0.25) is 0 Å². The normalized spacial score (nSPS) is 16.6. The second-order valence-electron chi connectivity index (χ2n) is 6.24. The quantitative estimate of drug-likeness (QED) is 0.639. The standard InChI is InChI=1S/C21H22/c1-14(2)18-11-12-19(17-8-5-15(3)6-9-17)21-13-16(4)7-10-20(18)21/h5-12,16H,1,13H2,2-4H3. The van der Waals surface area contributed by atoms with Gasteiger partial charge in [-0.2, -0.15) is 0 Å². The lowest BCUT2D eigenvalue weighted by molar-refractivity contribution is 0.718. The fourth-order valence-corrected chi connectivity index (χ4v) is 3.10. The third kappa shape index (κ3) is 2.58. The lowest BCUT2D eigenvalue weighted by Gasteiger charge is -2.23. The average Bonchev–Trinajstić information content (AvgIpc) is 2.46. The van der Waals surface area contributed by atoms with Crippen LogP contribution in [0.5, 0.6) is 0 Å². The van der Waals surface area contributed by atoms with Crippen molar-refractivity contribution in [2.75, 3.05) is 0 Å². The van der Waals surface area contributed by atoms with Gasteiger partial charge in [-0.1, -0.05) is 73.2 Å². The van der Waals surface area contributed by atoms with Gasteiger partial charge in [0.1, 0.15) is 0 Å². The molecule has 0 amide bonds. The van der Waals surface area contributed by atoms with E-state index >= 15 is 0 Å². The molecular weight excluding hydrogens is 252 g/mol. The number of fused-ring (bicyclic) bond motifs is 1. The predicted octanol–water partition coefficient (Wildman–Crippen LogP) is 5.90. The smallest absolute Gasteiger partial charge is 0.0145 e. The van der Waals surface area contributed by atoms with Gasteiger partial charge in [0.15, 0.2) is 0 Å². The number of allylic oxidation sites excluding steroid dienone is 2. The lowest BCUT2D eigenvalue weighted by Crippen LogP contribution is -2.07. The third-order valence-electron chi connectivity index (χ3n) is 4.30. The van der Waals surface area contributed by atoms with E-state index in [2.05, 4.69) is 75.9 Å². The van der Waals surface area contributed by atoms with Gasteiger partial charge in [0.05, 0.1) is 0 Å². The molecule has 0 nitrogen and oxygen atoms in total. The third-order valence-corrected chi connectivity index (χ3v) is 4.30. The van der Waals surface area contributed by atoms with Crippen molar-refractivity contribution in [3.63, 3.8) is 0 Å². The van der Waals surface area contributed by atoms with Crippen molar-refractivity contribution in [2.45, 2.75) is 27.2 Å². The van der Waals surface area contributed by atoms with Crippen molar-refractivity contribution in [1.29, 1.82) is 0 Å². The Labute approximate surface area is 127 Å². The van der Waals surface area contributed by atoms with E-state index in [1.165, 1.54) is 33.4 Å². The summed E-state index contributed by atoms with van der Waals surface area (Å²) in [4.78, 5) is 0. The van der Waals surface area contributed by atoms with E-state index in [0.717, 1.165) is 12.0 Å². The SMILES string of the molecule is C=C(C)c1ccc(-c2ccc(C)cc2)c2c1C=CC(C)C2. The summed E-state index contributed by atoms with van der Waals surface area (Å²) in [6.45, 7) is 10.6. The molecule has 0 radical (unpaired) electrons. The highest BCUT2D eigenvalue weighted by Gasteiger charge is 2.18. The Morgan fingerprint density at radius 3 is 2.48 bits per heavy atom. The first-order valence-electron chi connectivity index (χ1n) is 7.63. The van der Waals surface area contributed by atoms with Crippen LogP contribution in [0.3, 0.4) is 0 Å². The Hall–Kier alpha value is -2.08. The highest BCUT2D eigenvalue weighted by atomic mass is 14.2. The Morgan fingerprint density at radius 1 is 1.10 bits per heavy atom. The molecule has 2 aromatic rings. The first kappa shape index (κ1) is 13.9. The molecule has 1 aliphatic carbocycles. The van der Waals surface area contributed by atoms with Crippen LogP contribution in [0, 0.1) is 12.8 Å². The highest BCUT2D eigenvalue weighted by molar-refractivity contribution is 5.82. The van der Waals surface area contributed by atoms with Crippen LogP contribution in [0.4, 0.5) is 0 Å². The molecule has 0 saturated heterocycles. The van der Waals surface area contributed by atoms with Crippen molar-refractivity contribution in [3.8, 4) is 11.1 Å². The molecule has 0 fully saturated rings. The Kier molecular flexibility index (Phi) is 3.55. The molecule has 0 saturated carbocycles. The van der Waals surface area contributed by atoms with Crippen LogP contribution in [0.25, 0.3) is 22.8 Å². The summed E-state index contributed by atoms with van der Waals surface area (Å²) >= 11 is 0. The second-order valence-corrected chi connectivity index (χ2v) is 6.24. The maximum absolute atomic E-state index is 4.13. The van der Waals surface area contributed by atoms with E-state index in [4.69, 9.17) is 0 Å². The first-order valence-corrected chi connectivity index (χ1v) is 7.63. The summed E-state index contributed by atoms with van der Waals surface area (Å²) in [5.74, 6) is 0.599. The van der Waals surface area contributed by atoms with Gasteiger partial charge in [-0.25, -0.2) is 0 Å². The van der Waals surface area contributed by atoms with Gasteiger partial charge in [0.2, 0.25) is 0 Å². The molecule has 21 heavy (non-hydrogen) atoms. The van der Waals surface area contributed by atoms with Crippen LogP contribution < -0.4 is 0 Å². The van der Waals surface area contributed by atoms with Gasteiger partial charge in [-0.15, -0.1) is 0 Å². The average molecular weight is 274 g/mol. The minimum atomic E-state index is 0.599. The van der Waals surface area contributed by atoms with Gasteiger partial charge < -0.3 is 0 Å². The maximum atomic E-state index is 4.13. The second kappa shape index (κ2) is 5.37. The predicted molar refractivity (Wildman–Crippen MR) is 93.2 cm³/mol. The molecule has 0 heterocycles. The van der Waals surface area contributed by atoms with Gasteiger partial charge in [0.25, 0.3) is 0 Å². The number of benzene rings is 2. The first-order chi connectivity index (χ1) is 10.1. The fraction of sp³-hybridized carbons (Fsp3) is 0.238. The number of hydrogen-bond donors (Lipinski definition) is 0. The summed E-state index contributed by atoms with van der Waals surface area (Å²) in [5.41, 5.74) is 9.23. The van der Waals surface area contributed by atoms with Gasteiger partial charge in [0, 0.05) is 0 Å². The highest BCUT2D eigenvalue weighted by Crippen LogP contribution is 2.36. The molecule has 0 aliphatic heterocycles. The molecule has 0 spiro atoms. The van der Waals surface area contributed by atoms with E-state index in [9.17, 15) is 0 Å². The van der Waals surface area contributed by atoms with E-state index in [1.54, 1.807) is 0 Å². The fourth-order valence-electron chi connectivity index (χ4n) is 3.10. The Morgan fingerprint density at radius 2 is 1.81 bits per heavy atom. The van der Waals surface area contributed by atoms with E-state index in [0.29, 0.717) is 5.92 Å². The van der Waals surface area contributed by atoms with Gasteiger partial charge >= 0.3 is 0 Å². The zero-order chi connectivity index (χ0) is 15.0.